The third kappa shape index (κ3) is 5.08. The number of thioether (sulfide) groups is 1. The Bertz CT molecular complexity index is 884. The van der Waals surface area contributed by atoms with Crippen molar-refractivity contribution >= 4 is 46.2 Å². The molecule has 30 heavy (non-hydrogen) atoms. The van der Waals surface area contributed by atoms with Crippen molar-refractivity contribution in [3.05, 3.63) is 29.8 Å². The van der Waals surface area contributed by atoms with E-state index in [9.17, 15) is 14.4 Å². The zero-order valence-corrected chi connectivity index (χ0v) is 18.0. The van der Waals surface area contributed by atoms with Gasteiger partial charge in [-0.1, -0.05) is 37.2 Å². The van der Waals surface area contributed by atoms with Crippen molar-refractivity contribution in [2.24, 2.45) is 9.98 Å². The molecule has 0 unspecified atom stereocenters. The van der Waals surface area contributed by atoms with Crippen molar-refractivity contribution in [2.75, 3.05) is 18.9 Å². The lowest BCUT2D eigenvalue weighted by molar-refractivity contribution is -0.139. The topological polar surface area (TPSA) is 100 Å². The maximum Gasteiger partial charge on any atom is 0.316 e. The van der Waals surface area contributed by atoms with E-state index in [-0.39, 0.29) is 30.0 Å². The maximum absolute atomic E-state index is 13.1. The minimum absolute atomic E-state index is 0.0520. The summed E-state index contributed by atoms with van der Waals surface area (Å²) in [4.78, 5) is 47.5. The monoisotopic (exact) mass is 430 g/mol. The van der Waals surface area contributed by atoms with Gasteiger partial charge in [0.25, 0.3) is 5.91 Å². The number of amidine groups is 2. The molecule has 1 atom stereocenters. The Hall–Kier alpha value is -2.68. The van der Waals surface area contributed by atoms with Gasteiger partial charge in [0, 0.05) is 18.5 Å². The summed E-state index contributed by atoms with van der Waals surface area (Å²) in [5, 5.41) is 3.27. The Morgan fingerprint density at radius 2 is 2.07 bits per heavy atom. The smallest absolute Gasteiger partial charge is 0.316 e. The number of ether oxygens (including phenoxy) is 1. The molecule has 2 heterocycles. The molecule has 2 aliphatic heterocycles. The normalized spacial score (nSPS) is 17.1. The molecule has 0 fully saturated rings. The second kappa shape index (κ2) is 10.4. The Labute approximate surface area is 180 Å². The fourth-order valence-electron chi connectivity index (χ4n) is 3.17. The first-order valence-electron chi connectivity index (χ1n) is 10.2. The molecule has 0 spiro atoms. The number of hydrogen-bond donors (Lipinski definition) is 1. The van der Waals surface area contributed by atoms with Gasteiger partial charge in [0.05, 0.1) is 18.0 Å². The van der Waals surface area contributed by atoms with E-state index < -0.39 is 6.04 Å². The molecule has 1 aromatic rings. The van der Waals surface area contributed by atoms with E-state index in [2.05, 4.69) is 22.2 Å². The molecule has 1 aromatic carbocycles. The highest BCUT2D eigenvalue weighted by atomic mass is 32.2. The predicted molar refractivity (Wildman–Crippen MR) is 117 cm³/mol. The average molecular weight is 431 g/mol. The van der Waals surface area contributed by atoms with Crippen molar-refractivity contribution < 1.29 is 19.1 Å². The van der Waals surface area contributed by atoms with E-state index in [4.69, 9.17) is 4.74 Å². The summed E-state index contributed by atoms with van der Waals surface area (Å²) in [7, 11) is 0. The number of fused-ring (bicyclic) bond motifs is 3. The first kappa shape index (κ1) is 22.0. The SMILES string of the molecule is CCCCNC(=O)CC[C@@H]1N=C2c3ccccc3N=C(SCC(=O)OCC)N2C1=O. The zero-order chi connectivity index (χ0) is 21.5. The van der Waals surface area contributed by atoms with Crippen molar-refractivity contribution in [2.45, 2.75) is 45.6 Å². The predicted octanol–water partition coefficient (Wildman–Crippen LogP) is 2.64. The van der Waals surface area contributed by atoms with Gasteiger partial charge in [-0.05, 0) is 31.9 Å². The number of nitrogens with zero attached hydrogens (tertiary/aromatic N) is 3. The highest BCUT2D eigenvalue weighted by Gasteiger charge is 2.41. The lowest BCUT2D eigenvalue weighted by atomic mass is 10.1. The van der Waals surface area contributed by atoms with Gasteiger partial charge in [0.1, 0.15) is 11.9 Å². The van der Waals surface area contributed by atoms with Crippen LogP contribution >= 0.6 is 11.8 Å². The van der Waals surface area contributed by atoms with Gasteiger partial charge in [-0.2, -0.15) is 0 Å². The fourth-order valence-corrected chi connectivity index (χ4v) is 3.97. The summed E-state index contributed by atoms with van der Waals surface area (Å²) >= 11 is 1.15. The molecular weight excluding hydrogens is 404 g/mol. The van der Waals surface area contributed by atoms with Gasteiger partial charge < -0.3 is 10.1 Å². The lowest BCUT2D eigenvalue weighted by Gasteiger charge is -2.25. The summed E-state index contributed by atoms with van der Waals surface area (Å²) < 4.78 is 4.97. The molecule has 8 nitrogen and oxygen atoms in total. The Balaban J connectivity index is 1.74. The van der Waals surface area contributed by atoms with Gasteiger partial charge >= 0.3 is 5.97 Å². The van der Waals surface area contributed by atoms with E-state index in [0.717, 1.165) is 30.2 Å². The molecule has 0 saturated carbocycles. The zero-order valence-electron chi connectivity index (χ0n) is 17.2. The Morgan fingerprint density at radius 1 is 1.27 bits per heavy atom. The average Bonchev–Trinajstić information content (AvgIpc) is 3.08. The van der Waals surface area contributed by atoms with Crippen molar-refractivity contribution in [3.63, 3.8) is 0 Å². The summed E-state index contributed by atoms with van der Waals surface area (Å²) in [6, 6.07) is 6.80. The van der Waals surface area contributed by atoms with Crippen LogP contribution in [0.2, 0.25) is 0 Å². The van der Waals surface area contributed by atoms with Crippen LogP contribution in [-0.4, -0.2) is 58.6 Å². The third-order valence-corrected chi connectivity index (χ3v) is 5.58. The minimum Gasteiger partial charge on any atom is -0.465 e. The number of rotatable bonds is 9. The number of amides is 2. The number of carbonyl (C=O) groups excluding carboxylic acids is 3. The minimum atomic E-state index is -0.642. The van der Waals surface area contributed by atoms with Gasteiger partial charge in [0.15, 0.2) is 5.17 Å². The number of para-hydroxylation sites is 1. The van der Waals surface area contributed by atoms with Gasteiger partial charge in [-0.25, -0.2) is 9.89 Å². The van der Waals surface area contributed by atoms with Crippen molar-refractivity contribution in [1.29, 1.82) is 0 Å². The molecule has 1 N–H and O–H groups in total. The van der Waals surface area contributed by atoms with Gasteiger partial charge in [-0.15, -0.1) is 0 Å². The number of unbranched alkanes of at least 4 members (excludes halogenated alkanes) is 1. The van der Waals surface area contributed by atoms with Gasteiger partial charge in [0.2, 0.25) is 5.91 Å². The molecule has 0 bridgehead atoms. The first-order chi connectivity index (χ1) is 14.5. The van der Waals surface area contributed by atoms with E-state index >= 15 is 0 Å². The molecular formula is C21H26N4O4S. The van der Waals surface area contributed by atoms with Crippen molar-refractivity contribution in [3.8, 4) is 0 Å². The molecule has 0 aliphatic carbocycles. The van der Waals surface area contributed by atoms with Crippen LogP contribution in [-0.2, 0) is 19.1 Å². The van der Waals surface area contributed by atoms with Crippen LogP contribution in [0.1, 0.15) is 45.1 Å². The van der Waals surface area contributed by atoms with Crippen LogP contribution in [0.15, 0.2) is 34.3 Å². The van der Waals surface area contributed by atoms with Crippen LogP contribution in [0.5, 0.6) is 0 Å². The Morgan fingerprint density at radius 3 is 2.83 bits per heavy atom. The lowest BCUT2D eigenvalue weighted by Crippen LogP contribution is -2.41. The summed E-state index contributed by atoms with van der Waals surface area (Å²) in [5.41, 5.74) is 1.46. The molecule has 2 aliphatic rings. The molecule has 0 saturated heterocycles. The summed E-state index contributed by atoms with van der Waals surface area (Å²) in [5.74, 6) is -0.0951. The number of esters is 1. The molecule has 0 radical (unpaired) electrons. The third-order valence-electron chi connectivity index (χ3n) is 4.67. The molecule has 2 amide bonds. The van der Waals surface area contributed by atoms with E-state index in [1.807, 2.05) is 24.3 Å². The highest BCUT2D eigenvalue weighted by Crippen LogP contribution is 2.34. The quantitative estimate of drug-likeness (QED) is 0.479. The highest BCUT2D eigenvalue weighted by molar-refractivity contribution is 8.14. The first-order valence-corrected chi connectivity index (χ1v) is 11.2. The van der Waals surface area contributed by atoms with Crippen molar-refractivity contribution in [1.82, 2.24) is 10.2 Å². The second-order valence-electron chi connectivity index (χ2n) is 6.89. The molecule has 160 valence electrons. The largest absolute Gasteiger partial charge is 0.465 e. The van der Waals surface area contributed by atoms with Crippen LogP contribution in [0.3, 0.4) is 0 Å². The standard InChI is InChI=1S/C21H26N4O4S/c1-3-5-12-22-17(26)11-10-16-20(28)25-19(23-16)14-8-6-7-9-15(14)24-21(25)30-13-18(27)29-4-2/h6-9,16H,3-5,10-13H2,1-2H3,(H,22,26)/t16-/m0/s1. The van der Waals surface area contributed by atoms with Crippen LogP contribution in [0, 0.1) is 0 Å². The van der Waals surface area contributed by atoms with E-state index in [1.165, 1.54) is 4.90 Å². The number of nitrogens with one attached hydrogen (secondary N) is 1. The van der Waals surface area contributed by atoms with Crippen LogP contribution in [0.4, 0.5) is 5.69 Å². The van der Waals surface area contributed by atoms with Crippen LogP contribution < -0.4 is 5.32 Å². The number of hydrogen-bond acceptors (Lipinski definition) is 7. The van der Waals surface area contributed by atoms with Crippen LogP contribution in [0.25, 0.3) is 0 Å². The van der Waals surface area contributed by atoms with E-state index in [0.29, 0.717) is 36.3 Å². The summed E-state index contributed by atoms with van der Waals surface area (Å²) in [6.45, 7) is 4.75. The number of aliphatic imine (C=N–C) groups is 2. The molecule has 9 heteroatoms. The van der Waals surface area contributed by atoms with E-state index in [1.54, 1.807) is 6.92 Å². The Kier molecular flexibility index (Phi) is 7.62. The van der Waals surface area contributed by atoms with Gasteiger partial charge in [-0.3, -0.25) is 19.4 Å². The molecule has 3 rings (SSSR count). The number of carbonyl (C=O) groups is 3. The summed E-state index contributed by atoms with van der Waals surface area (Å²) in [6.07, 6.45) is 2.50. The second-order valence-corrected chi connectivity index (χ2v) is 7.83. The fraction of sp³-hybridized carbons (Fsp3) is 0.476. The molecule has 0 aromatic heterocycles. The maximum atomic E-state index is 13.1. The number of benzene rings is 1.